The minimum Gasteiger partial charge on any atom is -0.465 e. The van der Waals surface area contributed by atoms with Gasteiger partial charge in [-0.25, -0.2) is 28.3 Å². The van der Waals surface area contributed by atoms with Crippen molar-refractivity contribution in [2.45, 2.75) is 57.2 Å². The van der Waals surface area contributed by atoms with Crippen LogP contribution in [-0.2, 0) is 53.9 Å². The molecule has 0 N–H and O–H groups in total. The molecule has 3 aromatic carbocycles. The number of pyridine rings is 1. The Morgan fingerprint density at radius 1 is 0.783 bits per heavy atom. The first-order valence-electron chi connectivity index (χ1n) is 21.8. The minimum atomic E-state index is -1.03. The molecule has 8 aromatic rings. The fourth-order valence-corrected chi connectivity index (χ4v) is 9.80. The van der Waals surface area contributed by atoms with E-state index in [1.807, 2.05) is 58.9 Å². The molecule has 2 aliphatic heterocycles. The normalized spacial score (nSPS) is 19.0. The van der Waals surface area contributed by atoms with Crippen LogP contribution < -0.4 is 9.47 Å². The Labute approximate surface area is 410 Å². The van der Waals surface area contributed by atoms with Crippen LogP contribution in [0.5, 0.6) is 11.5 Å². The first kappa shape index (κ1) is 47.5. The fraction of sp³-hybridized carbons (Fsp3) is 0.312. The molecule has 0 amide bonds. The number of rotatable bonds is 13. The van der Waals surface area contributed by atoms with Gasteiger partial charge in [-0.05, 0) is 72.4 Å². The van der Waals surface area contributed by atoms with Crippen LogP contribution in [-0.4, -0.2) is 87.8 Å². The Bertz CT molecular complexity index is 3160. The molecule has 7 heterocycles. The molecule has 1 saturated heterocycles. The number of fused-ring (bicyclic) bond motifs is 4. The molecule has 5 aromatic heterocycles. The predicted octanol–water partition coefficient (Wildman–Crippen LogP) is 8.42. The summed E-state index contributed by atoms with van der Waals surface area (Å²) in [6.45, 7) is 6.38. The van der Waals surface area contributed by atoms with E-state index in [0.717, 1.165) is 36.3 Å². The highest BCUT2D eigenvalue weighted by Crippen LogP contribution is 2.62. The Kier molecular flexibility index (Phi) is 13.4. The average Bonchev–Trinajstić information content (AvgIpc) is 4.12. The second-order valence-corrected chi connectivity index (χ2v) is 17.6. The van der Waals surface area contributed by atoms with E-state index in [2.05, 4.69) is 35.9 Å². The van der Waals surface area contributed by atoms with Gasteiger partial charge in [-0.15, -0.1) is 24.0 Å². The van der Waals surface area contributed by atoms with Gasteiger partial charge in [0.15, 0.2) is 23.1 Å². The van der Waals surface area contributed by atoms with Gasteiger partial charge >= 0.3 is 11.9 Å². The van der Waals surface area contributed by atoms with E-state index in [0.29, 0.717) is 83.8 Å². The Morgan fingerprint density at radius 2 is 1.36 bits per heavy atom. The largest absolute Gasteiger partial charge is 0.465 e. The number of halogens is 5. The summed E-state index contributed by atoms with van der Waals surface area (Å²) in [7, 11) is 2.54. The molecule has 1 aliphatic carbocycles. The zero-order valence-electron chi connectivity index (χ0n) is 37.5. The average molecular weight is 1000 g/mol. The lowest BCUT2D eigenvalue weighted by atomic mass is 10.0. The van der Waals surface area contributed by atoms with Gasteiger partial charge in [0.1, 0.15) is 28.4 Å². The lowest BCUT2D eigenvalue weighted by Gasteiger charge is -2.23. The summed E-state index contributed by atoms with van der Waals surface area (Å²) in [5.74, 6) is 0.867. The van der Waals surface area contributed by atoms with Crippen molar-refractivity contribution in [1.29, 1.82) is 0 Å². The van der Waals surface area contributed by atoms with E-state index < -0.39 is 29.4 Å². The molecule has 0 radical (unpaired) electrons. The number of carbonyl (C=O) groups excluding carboxylic acids is 2. The zero-order valence-corrected chi connectivity index (χ0v) is 39.8. The Morgan fingerprint density at radius 3 is 1.88 bits per heavy atom. The van der Waals surface area contributed by atoms with Crippen molar-refractivity contribution in [3.8, 4) is 11.5 Å². The summed E-state index contributed by atoms with van der Waals surface area (Å²) in [6, 6.07) is 18.9. The highest BCUT2D eigenvalue weighted by atomic mass is 35.5. The Balaban J connectivity index is 0.000000209. The summed E-state index contributed by atoms with van der Waals surface area (Å²) in [5.41, 5.74) is 3.61. The number of ether oxygens (including phenoxy) is 4. The van der Waals surface area contributed by atoms with Crippen LogP contribution in [0.1, 0.15) is 56.5 Å². The standard InChI is InChI=1S/C33H30ClFN6O4.C15H14ClFN4O2.ClH/c1-33(27-8-7-20(34)15-36-27)44-26-6-3-5-21(31(26)45-33)29-22-16-39(17-23(22)29)18-28-38-30-24(35)13-19(32(42)43-2)14-25(30)41(28)12-11-40-10-4-9-37-40;1-23-15(22)10-7-11(17)14-12(8-10)21(13(9-16)19-14)6-5-20-4-2-3-18-20;/h3-10,13-15,22-23,29H,11-12,16-18H2,1-2H3;2-4,7-8H,5-6,9H2,1H3;1H/t22-,23+,29?,33?;;. The molecule has 0 spiro atoms. The van der Waals surface area contributed by atoms with Crippen molar-refractivity contribution in [3.63, 3.8) is 0 Å². The lowest BCUT2D eigenvalue weighted by molar-refractivity contribution is -0.0721. The zero-order chi connectivity index (χ0) is 47.3. The smallest absolute Gasteiger partial charge is 0.338 e. The molecule has 4 atom stereocenters. The van der Waals surface area contributed by atoms with Crippen molar-refractivity contribution in [2.24, 2.45) is 11.8 Å². The van der Waals surface area contributed by atoms with Crippen molar-refractivity contribution in [2.75, 3.05) is 27.3 Å². The van der Waals surface area contributed by atoms with Crippen molar-refractivity contribution < 1.29 is 37.3 Å². The Hall–Kier alpha value is -6.60. The molecular weight excluding hydrogens is 957 g/mol. The third kappa shape index (κ3) is 9.21. The van der Waals surface area contributed by atoms with Gasteiger partial charge in [0.25, 0.3) is 5.79 Å². The van der Waals surface area contributed by atoms with E-state index in [1.165, 1.54) is 20.3 Å². The molecule has 21 heteroatoms. The molecule has 358 valence electrons. The molecule has 16 nitrogen and oxygen atoms in total. The second kappa shape index (κ2) is 19.4. The fourth-order valence-electron chi connectivity index (χ4n) is 9.49. The quantitative estimate of drug-likeness (QED) is 0.0804. The van der Waals surface area contributed by atoms with E-state index >= 15 is 4.39 Å². The van der Waals surface area contributed by atoms with E-state index in [4.69, 9.17) is 42.4 Å². The van der Waals surface area contributed by atoms with Gasteiger partial charge in [0.05, 0.1) is 66.9 Å². The van der Waals surface area contributed by atoms with Crippen LogP contribution in [0.15, 0.2) is 97.7 Å². The number of piperidine rings is 1. The number of aryl methyl sites for hydroxylation is 4. The number of likely N-dealkylation sites (tertiary alicyclic amines) is 1. The monoisotopic (exact) mass is 1000 g/mol. The maximum atomic E-state index is 15.2. The lowest BCUT2D eigenvalue weighted by Crippen LogP contribution is -2.32. The van der Waals surface area contributed by atoms with Crippen molar-refractivity contribution in [1.82, 2.24) is 48.5 Å². The van der Waals surface area contributed by atoms with Gasteiger partial charge in [-0.2, -0.15) is 10.2 Å². The predicted molar refractivity (Wildman–Crippen MR) is 253 cm³/mol. The molecular formula is C48H45Cl3F2N10O6. The highest BCUT2D eigenvalue weighted by molar-refractivity contribution is 6.30. The number of esters is 2. The topological polar surface area (TPSA) is 158 Å². The molecule has 3 aliphatic rings. The number of alkyl halides is 1. The number of hydrogen-bond donors (Lipinski definition) is 0. The van der Waals surface area contributed by atoms with Crippen LogP contribution in [0.3, 0.4) is 0 Å². The summed E-state index contributed by atoms with van der Waals surface area (Å²) >= 11 is 12.0. The van der Waals surface area contributed by atoms with Crippen LogP contribution in [0.2, 0.25) is 5.02 Å². The number of nitrogens with zero attached hydrogens (tertiary/aromatic N) is 10. The van der Waals surface area contributed by atoms with E-state index in [9.17, 15) is 14.0 Å². The summed E-state index contributed by atoms with van der Waals surface area (Å²) in [6.07, 6.45) is 8.72. The van der Waals surface area contributed by atoms with Crippen molar-refractivity contribution in [3.05, 3.63) is 148 Å². The first-order valence-corrected chi connectivity index (χ1v) is 22.8. The number of hydrogen-bond acceptors (Lipinski definition) is 12. The molecule has 69 heavy (non-hydrogen) atoms. The SMILES string of the molecule is COC(=O)c1cc(F)c2nc(CCl)n(CCn3cccn3)c2c1.COC(=O)c1cc(F)c2nc(CN3C[C@@H]4C(c5cccc6c5OC(C)(c5ccc(Cl)cn5)O6)[C@@H]4C3)n(CCn3cccn3)c2c1.Cl. The number of para-hydroxylation sites is 1. The molecule has 11 rings (SSSR count). The molecule has 1 saturated carbocycles. The van der Waals surface area contributed by atoms with Gasteiger partial charge in [-0.3, -0.25) is 19.2 Å². The van der Waals surface area contributed by atoms with Gasteiger partial charge < -0.3 is 28.1 Å². The van der Waals surface area contributed by atoms with E-state index in [1.54, 1.807) is 46.0 Å². The maximum Gasteiger partial charge on any atom is 0.338 e. The van der Waals surface area contributed by atoms with Crippen LogP contribution in [0.25, 0.3) is 22.1 Å². The summed E-state index contributed by atoms with van der Waals surface area (Å²) in [4.78, 5) is 39.7. The minimum absolute atomic E-state index is 0. The number of carbonyl (C=O) groups is 2. The van der Waals surface area contributed by atoms with Gasteiger partial charge in [0, 0.05) is 69.7 Å². The highest BCUT2D eigenvalue weighted by Gasteiger charge is 2.58. The number of benzene rings is 3. The number of methoxy groups -OCH3 is 2. The van der Waals surface area contributed by atoms with Gasteiger partial charge in [-0.1, -0.05) is 23.7 Å². The summed E-state index contributed by atoms with van der Waals surface area (Å²) in [5, 5.41) is 8.99. The summed E-state index contributed by atoms with van der Waals surface area (Å²) < 4.78 is 59.1. The molecule has 0 bridgehead atoms. The van der Waals surface area contributed by atoms with E-state index in [-0.39, 0.29) is 40.4 Å². The van der Waals surface area contributed by atoms with Gasteiger partial charge in [0.2, 0.25) is 0 Å². The van der Waals surface area contributed by atoms with Crippen LogP contribution in [0, 0.1) is 23.5 Å². The molecule has 2 unspecified atom stereocenters. The third-order valence-corrected chi connectivity index (χ3v) is 13.2. The number of imidazole rings is 2. The second-order valence-electron chi connectivity index (χ2n) is 16.9. The molecule has 2 fully saturated rings. The third-order valence-electron chi connectivity index (χ3n) is 12.8. The van der Waals surface area contributed by atoms with Crippen LogP contribution >= 0.6 is 35.6 Å². The first-order chi connectivity index (χ1) is 32.9. The van der Waals surface area contributed by atoms with Crippen molar-refractivity contribution >= 4 is 69.6 Å². The maximum absolute atomic E-state index is 15.2. The number of aromatic nitrogens is 9. The van der Waals surface area contributed by atoms with Crippen LogP contribution in [0.4, 0.5) is 8.78 Å².